The Bertz CT molecular complexity index is 215. The molecule has 2 rings (SSSR count). The number of ether oxygens (including phenoxy) is 1. The molecule has 0 radical (unpaired) electrons. The van der Waals surface area contributed by atoms with E-state index in [0.29, 0.717) is 12.2 Å². The zero-order chi connectivity index (χ0) is 10.5. The van der Waals surface area contributed by atoms with E-state index in [1.165, 1.54) is 43.6 Å². The Kier molecular flexibility index (Phi) is 4.58. The SMILES string of the molecule is CCCCSCCCC1CC2C=CC1O2. The van der Waals surface area contributed by atoms with E-state index in [1.807, 2.05) is 0 Å². The van der Waals surface area contributed by atoms with E-state index in [0.717, 1.165) is 5.92 Å². The lowest BCUT2D eigenvalue weighted by Gasteiger charge is -2.14. The van der Waals surface area contributed by atoms with Gasteiger partial charge in [0.2, 0.25) is 0 Å². The molecule has 0 amide bonds. The van der Waals surface area contributed by atoms with Gasteiger partial charge in [-0.05, 0) is 43.1 Å². The highest BCUT2D eigenvalue weighted by molar-refractivity contribution is 7.99. The van der Waals surface area contributed by atoms with Crippen LogP contribution in [0.15, 0.2) is 12.2 Å². The third-order valence-electron chi connectivity index (χ3n) is 3.35. The maximum absolute atomic E-state index is 5.76. The Labute approximate surface area is 97.7 Å². The molecule has 0 spiro atoms. The molecule has 2 aliphatic heterocycles. The molecule has 86 valence electrons. The first-order valence-corrected chi connectivity index (χ1v) is 7.47. The van der Waals surface area contributed by atoms with Crippen molar-refractivity contribution in [2.75, 3.05) is 11.5 Å². The molecular formula is C13H22OS. The summed E-state index contributed by atoms with van der Waals surface area (Å²) in [6.45, 7) is 2.26. The van der Waals surface area contributed by atoms with Gasteiger partial charge in [-0.3, -0.25) is 0 Å². The number of hydrogen-bond donors (Lipinski definition) is 0. The van der Waals surface area contributed by atoms with E-state index in [2.05, 4.69) is 30.8 Å². The zero-order valence-corrected chi connectivity index (χ0v) is 10.5. The van der Waals surface area contributed by atoms with Crippen LogP contribution in [0.1, 0.15) is 39.0 Å². The lowest BCUT2D eigenvalue weighted by molar-refractivity contribution is 0.107. The van der Waals surface area contributed by atoms with Crippen LogP contribution in [0.3, 0.4) is 0 Å². The van der Waals surface area contributed by atoms with Crippen LogP contribution in [0.2, 0.25) is 0 Å². The van der Waals surface area contributed by atoms with E-state index in [9.17, 15) is 0 Å². The first-order chi connectivity index (χ1) is 7.40. The molecular weight excluding hydrogens is 204 g/mol. The molecule has 3 unspecified atom stereocenters. The zero-order valence-electron chi connectivity index (χ0n) is 9.65. The van der Waals surface area contributed by atoms with Gasteiger partial charge in [0.05, 0.1) is 12.2 Å². The molecule has 0 aromatic rings. The van der Waals surface area contributed by atoms with Gasteiger partial charge in [-0.15, -0.1) is 0 Å². The molecule has 0 aliphatic carbocycles. The summed E-state index contributed by atoms with van der Waals surface area (Å²) < 4.78 is 5.76. The Morgan fingerprint density at radius 2 is 2.13 bits per heavy atom. The van der Waals surface area contributed by atoms with Gasteiger partial charge in [0, 0.05) is 0 Å². The van der Waals surface area contributed by atoms with Gasteiger partial charge in [0.1, 0.15) is 0 Å². The second-order valence-electron chi connectivity index (χ2n) is 4.63. The summed E-state index contributed by atoms with van der Waals surface area (Å²) in [5.74, 6) is 3.52. The fourth-order valence-corrected chi connectivity index (χ4v) is 3.51. The topological polar surface area (TPSA) is 9.23 Å². The van der Waals surface area contributed by atoms with Crippen molar-refractivity contribution in [3.05, 3.63) is 12.2 Å². The standard InChI is InChI=1S/C13H22OS/c1-2-3-8-15-9-4-5-11-10-12-6-7-13(11)14-12/h6-7,11-13H,2-5,8-10H2,1H3. The van der Waals surface area contributed by atoms with Crippen LogP contribution >= 0.6 is 11.8 Å². The highest BCUT2D eigenvalue weighted by Gasteiger charge is 2.35. The van der Waals surface area contributed by atoms with E-state index in [4.69, 9.17) is 4.74 Å². The number of unbranched alkanes of at least 4 members (excludes halogenated alkanes) is 1. The third kappa shape index (κ3) is 3.25. The van der Waals surface area contributed by atoms with Gasteiger partial charge < -0.3 is 4.74 Å². The summed E-state index contributed by atoms with van der Waals surface area (Å²) in [6.07, 6.45) is 12.2. The van der Waals surface area contributed by atoms with Crippen molar-refractivity contribution in [2.45, 2.75) is 51.2 Å². The van der Waals surface area contributed by atoms with Gasteiger partial charge in [-0.2, -0.15) is 11.8 Å². The van der Waals surface area contributed by atoms with Crippen LogP contribution < -0.4 is 0 Å². The molecule has 1 saturated heterocycles. The first-order valence-electron chi connectivity index (χ1n) is 6.31. The minimum absolute atomic E-state index is 0.466. The van der Waals surface area contributed by atoms with Crippen LogP contribution in [0.4, 0.5) is 0 Å². The minimum atomic E-state index is 0.466. The van der Waals surface area contributed by atoms with Crippen molar-refractivity contribution >= 4 is 11.8 Å². The second kappa shape index (κ2) is 5.95. The fraction of sp³-hybridized carbons (Fsp3) is 0.846. The molecule has 2 heteroatoms. The average Bonchev–Trinajstić information content (AvgIpc) is 2.85. The lowest BCUT2D eigenvalue weighted by atomic mass is 9.90. The lowest BCUT2D eigenvalue weighted by Crippen LogP contribution is -2.12. The largest absolute Gasteiger partial charge is 0.367 e. The maximum Gasteiger partial charge on any atom is 0.0794 e. The highest BCUT2D eigenvalue weighted by Crippen LogP contribution is 2.36. The van der Waals surface area contributed by atoms with Crippen LogP contribution in [-0.2, 0) is 4.74 Å². The number of hydrogen-bond acceptors (Lipinski definition) is 2. The van der Waals surface area contributed by atoms with Crippen LogP contribution in [0, 0.1) is 5.92 Å². The van der Waals surface area contributed by atoms with Crippen molar-refractivity contribution in [1.29, 1.82) is 0 Å². The Hall–Kier alpha value is 0.0500. The van der Waals surface area contributed by atoms with Crippen LogP contribution in [-0.4, -0.2) is 23.7 Å². The maximum atomic E-state index is 5.76. The van der Waals surface area contributed by atoms with Crippen molar-refractivity contribution in [2.24, 2.45) is 5.92 Å². The fourth-order valence-electron chi connectivity index (χ4n) is 2.44. The van der Waals surface area contributed by atoms with Crippen molar-refractivity contribution < 1.29 is 4.74 Å². The Morgan fingerprint density at radius 1 is 1.27 bits per heavy atom. The van der Waals surface area contributed by atoms with E-state index >= 15 is 0 Å². The molecule has 0 aromatic carbocycles. The summed E-state index contributed by atoms with van der Waals surface area (Å²) >= 11 is 2.12. The molecule has 1 nitrogen and oxygen atoms in total. The molecule has 1 fully saturated rings. The number of rotatable bonds is 7. The summed E-state index contributed by atoms with van der Waals surface area (Å²) in [6, 6.07) is 0. The van der Waals surface area contributed by atoms with E-state index < -0.39 is 0 Å². The van der Waals surface area contributed by atoms with Crippen molar-refractivity contribution in [3.63, 3.8) is 0 Å². The van der Waals surface area contributed by atoms with E-state index in [-0.39, 0.29) is 0 Å². The average molecular weight is 226 g/mol. The smallest absolute Gasteiger partial charge is 0.0794 e. The predicted octanol–water partition coefficient (Wildman–Crippen LogP) is 3.64. The molecule has 0 N–H and O–H groups in total. The highest BCUT2D eigenvalue weighted by atomic mass is 32.2. The Balaban J connectivity index is 1.50. The normalized spacial score (nSPS) is 32.7. The summed E-state index contributed by atoms with van der Waals surface area (Å²) in [5, 5.41) is 0. The molecule has 0 saturated carbocycles. The monoisotopic (exact) mass is 226 g/mol. The van der Waals surface area contributed by atoms with Gasteiger partial charge in [0.15, 0.2) is 0 Å². The number of thioether (sulfide) groups is 1. The summed E-state index contributed by atoms with van der Waals surface area (Å²) in [5.41, 5.74) is 0. The predicted molar refractivity (Wildman–Crippen MR) is 67.4 cm³/mol. The van der Waals surface area contributed by atoms with Crippen LogP contribution in [0.5, 0.6) is 0 Å². The molecule has 2 aliphatic rings. The minimum Gasteiger partial charge on any atom is -0.367 e. The van der Waals surface area contributed by atoms with Crippen molar-refractivity contribution in [3.8, 4) is 0 Å². The van der Waals surface area contributed by atoms with Gasteiger partial charge in [-0.25, -0.2) is 0 Å². The van der Waals surface area contributed by atoms with Crippen LogP contribution in [0.25, 0.3) is 0 Å². The van der Waals surface area contributed by atoms with Gasteiger partial charge in [-0.1, -0.05) is 25.5 Å². The Morgan fingerprint density at radius 3 is 2.80 bits per heavy atom. The second-order valence-corrected chi connectivity index (χ2v) is 5.85. The molecule has 15 heavy (non-hydrogen) atoms. The molecule has 3 atom stereocenters. The van der Waals surface area contributed by atoms with E-state index in [1.54, 1.807) is 0 Å². The van der Waals surface area contributed by atoms with Gasteiger partial charge in [0.25, 0.3) is 0 Å². The molecule has 2 heterocycles. The third-order valence-corrected chi connectivity index (χ3v) is 4.51. The first kappa shape index (κ1) is 11.5. The summed E-state index contributed by atoms with van der Waals surface area (Å²) in [7, 11) is 0. The number of fused-ring (bicyclic) bond motifs is 2. The molecule has 0 aromatic heterocycles. The quantitative estimate of drug-likeness (QED) is 0.484. The summed E-state index contributed by atoms with van der Waals surface area (Å²) in [4.78, 5) is 0. The van der Waals surface area contributed by atoms with Crippen molar-refractivity contribution in [1.82, 2.24) is 0 Å². The van der Waals surface area contributed by atoms with Gasteiger partial charge >= 0.3 is 0 Å². The molecule has 2 bridgehead atoms.